The molecule has 0 aliphatic rings. The van der Waals surface area contributed by atoms with E-state index in [4.69, 9.17) is 4.74 Å². The molecule has 1 atom stereocenters. The first kappa shape index (κ1) is 23.4. The number of rotatable bonds is 10. The molecule has 3 rings (SSSR count). The Kier molecular flexibility index (Phi) is 8.36. The zero-order chi connectivity index (χ0) is 22.9. The first-order chi connectivity index (χ1) is 15.5. The second kappa shape index (κ2) is 11.4. The number of unbranched alkanes of at least 4 members (excludes halogenated alkanes) is 2. The topological polar surface area (TPSA) is 95.9 Å². The molecule has 0 aliphatic carbocycles. The third kappa shape index (κ3) is 5.93. The molecule has 1 unspecified atom stereocenters. The molecule has 3 aromatic carbocycles. The van der Waals surface area contributed by atoms with E-state index in [0.29, 0.717) is 28.8 Å². The van der Waals surface area contributed by atoms with Gasteiger partial charge in [-0.05, 0) is 46.5 Å². The number of benzene rings is 3. The summed E-state index contributed by atoms with van der Waals surface area (Å²) in [6.45, 7) is 2.01. The van der Waals surface area contributed by atoms with Crippen LogP contribution in [0, 0.1) is 0 Å². The number of ketones is 1. The molecule has 0 heterocycles. The van der Waals surface area contributed by atoms with E-state index in [1.807, 2.05) is 30.3 Å². The van der Waals surface area contributed by atoms with Gasteiger partial charge in [0.15, 0.2) is 6.10 Å². The van der Waals surface area contributed by atoms with Gasteiger partial charge in [0.25, 0.3) is 0 Å². The van der Waals surface area contributed by atoms with Crippen LogP contribution in [0.15, 0.2) is 60.7 Å². The number of aliphatic hydroxyl groups is 2. The number of carbonyl (C=O) groups is 2. The number of carbonyl (C=O) groups excluding carboxylic acids is 2. The van der Waals surface area contributed by atoms with Gasteiger partial charge in [0.05, 0.1) is 13.2 Å². The third-order valence-corrected chi connectivity index (χ3v) is 5.29. The lowest BCUT2D eigenvalue weighted by Gasteiger charge is -2.19. The smallest absolute Gasteiger partial charge is 0.408 e. The fourth-order valence-electron chi connectivity index (χ4n) is 3.61. The average molecular weight is 436 g/mol. The number of hydrogen-bond donors (Lipinski definition) is 3. The van der Waals surface area contributed by atoms with Gasteiger partial charge in [-0.15, -0.1) is 0 Å². The minimum Gasteiger partial charge on any atom is -0.433 e. The molecule has 6 heteroatoms. The molecule has 0 aliphatic heterocycles. The van der Waals surface area contributed by atoms with Gasteiger partial charge in [-0.2, -0.15) is 0 Å². The van der Waals surface area contributed by atoms with Gasteiger partial charge >= 0.3 is 6.09 Å². The number of alkyl carbamates (subject to hydrolysis) is 1. The van der Waals surface area contributed by atoms with Crippen LogP contribution in [0.25, 0.3) is 10.8 Å². The van der Waals surface area contributed by atoms with Crippen molar-refractivity contribution in [2.75, 3.05) is 6.54 Å². The summed E-state index contributed by atoms with van der Waals surface area (Å²) in [6.07, 6.45) is 0.943. The summed E-state index contributed by atoms with van der Waals surface area (Å²) < 4.78 is 5.58. The van der Waals surface area contributed by atoms with Crippen molar-refractivity contribution in [2.45, 2.75) is 45.5 Å². The van der Waals surface area contributed by atoms with Crippen LogP contribution < -0.4 is 5.32 Å². The zero-order valence-corrected chi connectivity index (χ0v) is 18.2. The van der Waals surface area contributed by atoms with Gasteiger partial charge in [0, 0.05) is 17.7 Å². The predicted octanol–water partition coefficient (Wildman–Crippen LogP) is 4.66. The van der Waals surface area contributed by atoms with Crippen molar-refractivity contribution in [1.82, 2.24) is 5.32 Å². The number of ether oxygens (including phenoxy) is 1. The molecule has 0 saturated carbocycles. The monoisotopic (exact) mass is 435 g/mol. The highest BCUT2D eigenvalue weighted by atomic mass is 16.6. The molecular formula is C26H29NO5. The van der Waals surface area contributed by atoms with Gasteiger partial charge in [-0.1, -0.05) is 62.2 Å². The normalized spacial score (nSPS) is 11.8. The van der Waals surface area contributed by atoms with Gasteiger partial charge in [0.1, 0.15) is 0 Å². The molecule has 0 fully saturated rings. The highest BCUT2D eigenvalue weighted by molar-refractivity contribution is 6.03. The number of hydrogen-bond acceptors (Lipinski definition) is 5. The lowest BCUT2D eigenvalue weighted by atomic mass is 9.95. The van der Waals surface area contributed by atoms with Crippen LogP contribution in [0.5, 0.6) is 0 Å². The molecule has 0 aromatic heterocycles. The largest absolute Gasteiger partial charge is 0.433 e. The van der Waals surface area contributed by atoms with Crippen LogP contribution in [-0.2, 0) is 18.0 Å². The Morgan fingerprint density at radius 1 is 0.906 bits per heavy atom. The number of nitrogens with one attached hydrogen (secondary N) is 1. The molecule has 0 spiro atoms. The average Bonchev–Trinajstić information content (AvgIpc) is 2.84. The van der Waals surface area contributed by atoms with Gasteiger partial charge in [-0.25, -0.2) is 4.79 Å². The maximum absolute atomic E-state index is 13.5. The van der Waals surface area contributed by atoms with Crippen molar-refractivity contribution < 1.29 is 24.5 Å². The van der Waals surface area contributed by atoms with Gasteiger partial charge < -0.3 is 20.3 Å². The van der Waals surface area contributed by atoms with Crippen LogP contribution in [0.4, 0.5) is 4.79 Å². The Bertz CT molecular complexity index is 1060. The van der Waals surface area contributed by atoms with Crippen LogP contribution in [0.2, 0.25) is 0 Å². The number of Topliss-reactive ketones (excluding diaryl/α,β-unsaturated/α-hetero) is 1. The second-order valence-electron chi connectivity index (χ2n) is 7.74. The minimum atomic E-state index is -1.21. The quantitative estimate of drug-likeness (QED) is 0.318. The van der Waals surface area contributed by atoms with Crippen molar-refractivity contribution in [3.63, 3.8) is 0 Å². The summed E-state index contributed by atoms with van der Waals surface area (Å²) >= 11 is 0. The molecule has 1 amide bonds. The van der Waals surface area contributed by atoms with E-state index in [-0.39, 0.29) is 19.0 Å². The highest BCUT2D eigenvalue weighted by Gasteiger charge is 2.27. The van der Waals surface area contributed by atoms with E-state index in [9.17, 15) is 19.8 Å². The van der Waals surface area contributed by atoms with E-state index >= 15 is 0 Å². The first-order valence-corrected chi connectivity index (χ1v) is 10.9. The Balaban J connectivity index is 1.93. The lowest BCUT2D eigenvalue weighted by molar-refractivity contribution is 0.0627. The van der Waals surface area contributed by atoms with E-state index in [0.717, 1.165) is 30.0 Å². The molecular weight excluding hydrogens is 406 g/mol. The van der Waals surface area contributed by atoms with E-state index < -0.39 is 12.2 Å². The van der Waals surface area contributed by atoms with Gasteiger partial charge in [0.2, 0.25) is 5.78 Å². The Hall–Kier alpha value is -3.22. The maximum atomic E-state index is 13.5. The minimum absolute atomic E-state index is 0.263. The Labute approximate surface area is 187 Å². The van der Waals surface area contributed by atoms with Crippen LogP contribution >= 0.6 is 0 Å². The molecule has 6 nitrogen and oxygen atoms in total. The Morgan fingerprint density at radius 2 is 1.59 bits per heavy atom. The highest BCUT2D eigenvalue weighted by Crippen LogP contribution is 2.27. The number of amides is 1. The van der Waals surface area contributed by atoms with Crippen LogP contribution in [0.1, 0.15) is 59.3 Å². The summed E-state index contributed by atoms with van der Waals surface area (Å²) in [5, 5.41) is 23.8. The molecule has 3 N–H and O–H groups in total. The molecule has 0 saturated heterocycles. The van der Waals surface area contributed by atoms with Crippen LogP contribution in [0.3, 0.4) is 0 Å². The predicted molar refractivity (Wildman–Crippen MR) is 123 cm³/mol. The van der Waals surface area contributed by atoms with Crippen LogP contribution in [-0.4, -0.2) is 28.6 Å². The zero-order valence-electron chi connectivity index (χ0n) is 18.2. The summed E-state index contributed by atoms with van der Waals surface area (Å²) in [5.41, 5.74) is 1.86. The first-order valence-electron chi connectivity index (χ1n) is 10.9. The van der Waals surface area contributed by atoms with E-state index in [2.05, 4.69) is 12.2 Å². The fraction of sp³-hybridized carbons (Fsp3) is 0.308. The number of aliphatic hydroxyl groups excluding tert-OH is 2. The van der Waals surface area contributed by atoms with Gasteiger partial charge in [-0.3, -0.25) is 4.79 Å². The molecule has 0 bridgehead atoms. The standard InChI is InChI=1S/C26H29NO5/c1-2-3-6-11-27-26(31)32-25(23-13-18(16-28)12-19(14-23)17-29)24(30)22-10-9-20-7-4-5-8-21(20)15-22/h4-5,7-10,12-15,25,28-29H,2-3,6,11,16-17H2,1H3,(H,27,31). The summed E-state index contributed by atoms with van der Waals surface area (Å²) in [4.78, 5) is 25.9. The van der Waals surface area contributed by atoms with Crippen molar-refractivity contribution >= 4 is 22.6 Å². The number of fused-ring (bicyclic) bond motifs is 1. The SMILES string of the molecule is CCCCCNC(=O)OC(C(=O)c1ccc2ccccc2c1)c1cc(CO)cc(CO)c1. The van der Waals surface area contributed by atoms with Crippen molar-refractivity contribution in [3.05, 3.63) is 82.9 Å². The maximum Gasteiger partial charge on any atom is 0.408 e. The Morgan fingerprint density at radius 3 is 2.25 bits per heavy atom. The second-order valence-corrected chi connectivity index (χ2v) is 7.74. The molecule has 32 heavy (non-hydrogen) atoms. The summed E-state index contributed by atoms with van der Waals surface area (Å²) in [5.74, 6) is -0.376. The summed E-state index contributed by atoms with van der Waals surface area (Å²) in [6, 6.07) is 17.9. The molecule has 3 aromatic rings. The van der Waals surface area contributed by atoms with E-state index in [1.54, 1.807) is 30.3 Å². The molecule has 168 valence electrons. The fourth-order valence-corrected chi connectivity index (χ4v) is 3.61. The summed E-state index contributed by atoms with van der Waals surface area (Å²) in [7, 11) is 0. The van der Waals surface area contributed by atoms with Crippen molar-refractivity contribution in [2.24, 2.45) is 0 Å². The van der Waals surface area contributed by atoms with Crippen molar-refractivity contribution in [3.8, 4) is 0 Å². The molecule has 0 radical (unpaired) electrons. The lowest BCUT2D eigenvalue weighted by Crippen LogP contribution is -2.30. The third-order valence-electron chi connectivity index (χ3n) is 5.29. The van der Waals surface area contributed by atoms with E-state index in [1.165, 1.54) is 0 Å². The van der Waals surface area contributed by atoms with Crippen molar-refractivity contribution in [1.29, 1.82) is 0 Å².